The summed E-state index contributed by atoms with van der Waals surface area (Å²) in [5, 5.41) is 0. The largest absolute Gasteiger partial charge is 0.328 e. The van der Waals surface area contributed by atoms with Crippen LogP contribution in [-0.4, -0.2) is 6.04 Å². The smallest absolute Gasteiger partial charge is 0.00413 e. The maximum absolute atomic E-state index is 5.73. The first-order valence-corrected chi connectivity index (χ1v) is 3.54. The molecule has 2 unspecified atom stereocenters. The van der Waals surface area contributed by atoms with Crippen molar-refractivity contribution in [1.82, 2.24) is 0 Å². The Labute approximate surface area is 63.4 Å². The average Bonchev–Trinajstić information content (AvgIpc) is 1.64. The summed E-state index contributed by atoms with van der Waals surface area (Å²) < 4.78 is 0. The first kappa shape index (κ1) is 9.25. The normalized spacial score (nSPS) is 35.3. The summed E-state index contributed by atoms with van der Waals surface area (Å²) in [6.07, 6.45) is 5.25. The van der Waals surface area contributed by atoms with Crippen LogP contribution in [0, 0.1) is 5.92 Å². The van der Waals surface area contributed by atoms with Gasteiger partial charge in [0.2, 0.25) is 0 Å². The van der Waals surface area contributed by atoms with E-state index in [1.54, 1.807) is 0 Å². The Hall–Kier alpha value is 0.250. The fourth-order valence-corrected chi connectivity index (χ4v) is 1.48. The Morgan fingerprint density at radius 3 is 2.33 bits per heavy atom. The first-order chi connectivity index (χ1) is 3.79. The molecule has 0 aromatic heterocycles. The van der Waals surface area contributed by atoms with E-state index >= 15 is 0 Å². The minimum Gasteiger partial charge on any atom is -0.328 e. The Bertz CT molecular complexity index is 67.3. The van der Waals surface area contributed by atoms with E-state index in [0.29, 0.717) is 6.04 Å². The maximum atomic E-state index is 5.73. The van der Waals surface area contributed by atoms with Crippen LogP contribution in [0.3, 0.4) is 0 Å². The molecule has 56 valence electrons. The Morgan fingerprint density at radius 1 is 1.33 bits per heavy atom. The van der Waals surface area contributed by atoms with Crippen LogP contribution >= 0.6 is 12.4 Å². The summed E-state index contributed by atoms with van der Waals surface area (Å²) in [5.74, 6) is 0.888. The van der Waals surface area contributed by atoms with Crippen LogP contribution in [0.25, 0.3) is 0 Å². The third kappa shape index (κ3) is 3.07. The predicted octanol–water partition coefficient (Wildman–Crippen LogP) is 1.95. The zero-order valence-corrected chi connectivity index (χ0v) is 6.79. The van der Waals surface area contributed by atoms with Gasteiger partial charge in [-0.05, 0) is 18.8 Å². The summed E-state index contributed by atoms with van der Waals surface area (Å²) >= 11 is 0. The second-order valence-electron chi connectivity index (χ2n) is 3.03. The molecule has 0 aliphatic heterocycles. The van der Waals surface area contributed by atoms with Crippen LogP contribution in [0.2, 0.25) is 0 Å². The molecular formula is C7H16ClN. The lowest BCUT2D eigenvalue weighted by atomic mass is 9.88. The molecule has 9 heavy (non-hydrogen) atoms. The molecule has 1 nitrogen and oxygen atoms in total. The number of rotatable bonds is 0. The van der Waals surface area contributed by atoms with Crippen LogP contribution in [0.15, 0.2) is 0 Å². The highest BCUT2D eigenvalue weighted by Crippen LogP contribution is 2.21. The molecule has 1 saturated carbocycles. The van der Waals surface area contributed by atoms with Gasteiger partial charge in [0, 0.05) is 6.04 Å². The standard InChI is InChI=1S/C7H15N.ClH/c1-6-3-2-4-7(8)5-6;/h6-7H,2-5,8H2,1H3;1H. The molecule has 2 atom stereocenters. The first-order valence-electron chi connectivity index (χ1n) is 3.54. The van der Waals surface area contributed by atoms with Crippen LogP contribution < -0.4 is 5.73 Å². The quantitative estimate of drug-likeness (QED) is 0.560. The van der Waals surface area contributed by atoms with Crippen molar-refractivity contribution in [3.63, 3.8) is 0 Å². The van der Waals surface area contributed by atoms with E-state index in [1.165, 1.54) is 25.7 Å². The van der Waals surface area contributed by atoms with Crippen LogP contribution in [0.4, 0.5) is 0 Å². The van der Waals surface area contributed by atoms with Gasteiger partial charge in [-0.3, -0.25) is 0 Å². The second kappa shape index (κ2) is 4.13. The van der Waals surface area contributed by atoms with Crippen LogP contribution in [0.1, 0.15) is 32.6 Å². The average molecular weight is 150 g/mol. The molecule has 0 amide bonds. The Balaban J connectivity index is 0.000000640. The van der Waals surface area contributed by atoms with Crippen LogP contribution in [-0.2, 0) is 0 Å². The molecule has 1 aliphatic carbocycles. The molecule has 0 heterocycles. The highest BCUT2D eigenvalue weighted by molar-refractivity contribution is 5.85. The second-order valence-corrected chi connectivity index (χ2v) is 3.03. The van der Waals surface area contributed by atoms with Crippen molar-refractivity contribution in [3.8, 4) is 0 Å². The zero-order chi connectivity index (χ0) is 5.98. The topological polar surface area (TPSA) is 26.0 Å². The minimum atomic E-state index is 0. The lowest BCUT2D eigenvalue weighted by molar-refractivity contribution is 0.344. The van der Waals surface area contributed by atoms with Gasteiger partial charge in [0.05, 0.1) is 0 Å². The molecule has 0 radical (unpaired) electrons. The number of hydrogen-bond donors (Lipinski definition) is 1. The molecule has 1 aliphatic rings. The van der Waals surface area contributed by atoms with Crippen molar-refractivity contribution in [2.24, 2.45) is 11.7 Å². The molecule has 0 aromatic rings. The fraction of sp³-hybridized carbons (Fsp3) is 1.00. The molecular weight excluding hydrogens is 134 g/mol. The molecule has 2 N–H and O–H groups in total. The van der Waals surface area contributed by atoms with Gasteiger partial charge >= 0.3 is 0 Å². The minimum absolute atomic E-state index is 0. The highest BCUT2D eigenvalue weighted by atomic mass is 35.5. The SMILES string of the molecule is CC1CCCC(N)C1.Cl. The lowest BCUT2D eigenvalue weighted by Gasteiger charge is -2.22. The summed E-state index contributed by atoms with van der Waals surface area (Å²) in [6, 6.07) is 0.513. The van der Waals surface area contributed by atoms with Crippen molar-refractivity contribution in [2.75, 3.05) is 0 Å². The molecule has 2 heteroatoms. The summed E-state index contributed by atoms with van der Waals surface area (Å²) in [7, 11) is 0. The lowest BCUT2D eigenvalue weighted by Crippen LogP contribution is -2.26. The van der Waals surface area contributed by atoms with E-state index in [2.05, 4.69) is 6.92 Å². The van der Waals surface area contributed by atoms with Gasteiger partial charge in [-0.2, -0.15) is 0 Å². The molecule has 1 rings (SSSR count). The van der Waals surface area contributed by atoms with Gasteiger partial charge in [0.25, 0.3) is 0 Å². The Morgan fingerprint density at radius 2 is 2.00 bits per heavy atom. The van der Waals surface area contributed by atoms with E-state index < -0.39 is 0 Å². The van der Waals surface area contributed by atoms with Gasteiger partial charge in [-0.15, -0.1) is 12.4 Å². The summed E-state index contributed by atoms with van der Waals surface area (Å²) in [6.45, 7) is 2.29. The summed E-state index contributed by atoms with van der Waals surface area (Å²) in [4.78, 5) is 0. The highest BCUT2D eigenvalue weighted by Gasteiger charge is 2.13. The molecule has 1 fully saturated rings. The van der Waals surface area contributed by atoms with Crippen molar-refractivity contribution in [3.05, 3.63) is 0 Å². The van der Waals surface area contributed by atoms with Crippen molar-refractivity contribution in [2.45, 2.75) is 38.6 Å². The van der Waals surface area contributed by atoms with E-state index in [1.807, 2.05) is 0 Å². The van der Waals surface area contributed by atoms with E-state index in [9.17, 15) is 0 Å². The van der Waals surface area contributed by atoms with E-state index in [4.69, 9.17) is 5.73 Å². The van der Waals surface area contributed by atoms with Gasteiger partial charge in [-0.1, -0.05) is 19.8 Å². The van der Waals surface area contributed by atoms with E-state index in [0.717, 1.165) is 5.92 Å². The molecule has 0 aromatic carbocycles. The van der Waals surface area contributed by atoms with Crippen molar-refractivity contribution >= 4 is 12.4 Å². The number of hydrogen-bond acceptors (Lipinski definition) is 1. The maximum Gasteiger partial charge on any atom is 0.00413 e. The molecule has 0 bridgehead atoms. The number of nitrogens with two attached hydrogens (primary N) is 1. The molecule has 0 saturated heterocycles. The van der Waals surface area contributed by atoms with Gasteiger partial charge in [-0.25, -0.2) is 0 Å². The van der Waals surface area contributed by atoms with Crippen molar-refractivity contribution in [1.29, 1.82) is 0 Å². The monoisotopic (exact) mass is 149 g/mol. The third-order valence-electron chi connectivity index (χ3n) is 1.98. The third-order valence-corrected chi connectivity index (χ3v) is 1.98. The zero-order valence-electron chi connectivity index (χ0n) is 5.97. The summed E-state index contributed by atoms with van der Waals surface area (Å²) in [5.41, 5.74) is 5.73. The van der Waals surface area contributed by atoms with Gasteiger partial charge in [0.1, 0.15) is 0 Å². The van der Waals surface area contributed by atoms with E-state index in [-0.39, 0.29) is 12.4 Å². The molecule has 0 spiro atoms. The van der Waals surface area contributed by atoms with Gasteiger partial charge in [0.15, 0.2) is 0 Å². The fourth-order valence-electron chi connectivity index (χ4n) is 1.48. The van der Waals surface area contributed by atoms with Gasteiger partial charge < -0.3 is 5.73 Å². The van der Waals surface area contributed by atoms with Crippen molar-refractivity contribution < 1.29 is 0 Å². The van der Waals surface area contributed by atoms with Crippen LogP contribution in [0.5, 0.6) is 0 Å². The Kier molecular flexibility index (Phi) is 4.24. The predicted molar refractivity (Wildman–Crippen MR) is 42.9 cm³/mol. The number of halogens is 1.